The van der Waals surface area contributed by atoms with Crippen LogP contribution in [0.3, 0.4) is 0 Å². The lowest BCUT2D eigenvalue weighted by Gasteiger charge is -2.10. The number of carbonyl (C=O) groups excluding carboxylic acids is 1. The summed E-state index contributed by atoms with van der Waals surface area (Å²) < 4.78 is 0. The van der Waals surface area contributed by atoms with Crippen molar-refractivity contribution in [3.05, 3.63) is 35.4 Å². The van der Waals surface area contributed by atoms with E-state index in [0.29, 0.717) is 12.4 Å². The molecule has 2 aliphatic rings. The molecule has 1 aromatic rings. The number of aliphatic carboxylic acids is 1. The number of aliphatic hydroxyl groups excluding tert-OH is 1. The van der Waals surface area contributed by atoms with Gasteiger partial charge < -0.3 is 15.1 Å². The predicted molar refractivity (Wildman–Crippen MR) is 101 cm³/mol. The number of ketones is 1. The van der Waals surface area contributed by atoms with E-state index in [-0.39, 0.29) is 5.92 Å². The molecule has 2 fully saturated rings. The summed E-state index contributed by atoms with van der Waals surface area (Å²) in [4.78, 5) is 24.7. The van der Waals surface area contributed by atoms with E-state index in [9.17, 15) is 9.59 Å². The molecule has 0 amide bonds. The first-order chi connectivity index (χ1) is 12.5. The Labute approximate surface area is 156 Å². The highest BCUT2D eigenvalue weighted by atomic mass is 16.4. The zero-order valence-electron chi connectivity index (χ0n) is 15.7. The van der Waals surface area contributed by atoms with Crippen LogP contribution in [0.1, 0.15) is 56.1 Å². The molecule has 1 heterocycles. The third-order valence-electron chi connectivity index (χ3n) is 5.38. The number of likely N-dealkylation sites (tertiary alicyclic amines) is 1. The maximum Gasteiger partial charge on any atom is 0.310 e. The summed E-state index contributed by atoms with van der Waals surface area (Å²) >= 11 is 0. The first-order valence-electron chi connectivity index (χ1n) is 9.69. The minimum Gasteiger partial charge on any atom is -0.481 e. The molecule has 0 bridgehead atoms. The van der Waals surface area contributed by atoms with Crippen LogP contribution in [0.2, 0.25) is 0 Å². The Morgan fingerprint density at radius 2 is 1.85 bits per heavy atom. The second-order valence-electron chi connectivity index (χ2n) is 7.33. The zero-order valence-corrected chi connectivity index (χ0v) is 15.7. The molecule has 5 nitrogen and oxygen atoms in total. The highest BCUT2D eigenvalue weighted by molar-refractivity contribution is 5.83. The second kappa shape index (κ2) is 10.4. The van der Waals surface area contributed by atoms with Gasteiger partial charge in [-0.25, -0.2) is 0 Å². The van der Waals surface area contributed by atoms with Crippen molar-refractivity contribution in [2.75, 3.05) is 26.2 Å². The Morgan fingerprint density at radius 3 is 2.35 bits per heavy atom. The monoisotopic (exact) mass is 361 g/mol. The molecule has 3 rings (SSSR count). The Kier molecular flexibility index (Phi) is 8.26. The molecular weight excluding hydrogens is 330 g/mol. The number of hydrogen-bond donors (Lipinski definition) is 2. The molecule has 2 atom stereocenters. The van der Waals surface area contributed by atoms with Gasteiger partial charge in [-0.15, -0.1) is 0 Å². The average Bonchev–Trinajstić information content (AvgIpc) is 3.28. The standard InChI is InChI=1S/C15H18O3.C6H13NO/c1-10(15(17)18)12-7-5-11(6-8-12)9-13-3-2-4-14(13)16;8-6-5-7-3-1-2-4-7/h5-8,10,13H,2-4,9H2,1H3,(H,17,18);8H,1-6H2. The topological polar surface area (TPSA) is 77.8 Å². The molecule has 144 valence electrons. The van der Waals surface area contributed by atoms with Gasteiger partial charge in [0.2, 0.25) is 0 Å². The minimum atomic E-state index is -0.811. The lowest BCUT2D eigenvalue weighted by atomic mass is 9.94. The number of carboxylic acids is 1. The molecular formula is C21H31NO4. The van der Waals surface area contributed by atoms with Gasteiger partial charge in [0.15, 0.2) is 0 Å². The molecule has 5 heteroatoms. The number of hydrogen-bond acceptors (Lipinski definition) is 4. The fraction of sp³-hybridized carbons (Fsp3) is 0.619. The summed E-state index contributed by atoms with van der Waals surface area (Å²) in [6.45, 7) is 5.26. The maximum absolute atomic E-state index is 11.6. The van der Waals surface area contributed by atoms with Crippen LogP contribution in [0.25, 0.3) is 0 Å². The number of β-amino-alcohol motifs (C(OH)–C–C–N with tert-alkyl or cyclic N) is 1. The van der Waals surface area contributed by atoms with Crippen molar-refractivity contribution in [1.82, 2.24) is 4.90 Å². The highest BCUT2D eigenvalue weighted by Crippen LogP contribution is 2.25. The number of carboxylic acid groups (broad SMARTS) is 1. The van der Waals surface area contributed by atoms with Crippen molar-refractivity contribution in [1.29, 1.82) is 0 Å². The van der Waals surface area contributed by atoms with Crippen molar-refractivity contribution in [3.8, 4) is 0 Å². The van der Waals surface area contributed by atoms with Gasteiger partial charge in [0.25, 0.3) is 0 Å². The smallest absolute Gasteiger partial charge is 0.310 e. The van der Waals surface area contributed by atoms with Gasteiger partial charge in [0.05, 0.1) is 12.5 Å². The van der Waals surface area contributed by atoms with Crippen molar-refractivity contribution < 1.29 is 19.8 Å². The molecule has 1 aromatic carbocycles. The van der Waals surface area contributed by atoms with E-state index in [1.165, 1.54) is 25.9 Å². The zero-order chi connectivity index (χ0) is 18.9. The van der Waals surface area contributed by atoms with Crippen molar-refractivity contribution in [3.63, 3.8) is 0 Å². The third kappa shape index (κ3) is 6.22. The van der Waals surface area contributed by atoms with Gasteiger partial charge in [-0.1, -0.05) is 24.3 Å². The first kappa shape index (κ1) is 20.6. The van der Waals surface area contributed by atoms with E-state index in [1.54, 1.807) is 6.92 Å². The van der Waals surface area contributed by atoms with Gasteiger partial charge in [-0.2, -0.15) is 0 Å². The number of carbonyl (C=O) groups is 2. The molecule has 0 aromatic heterocycles. The predicted octanol–water partition coefficient (Wildman–Crippen LogP) is 2.86. The maximum atomic E-state index is 11.6. The Morgan fingerprint density at radius 1 is 1.19 bits per heavy atom. The molecule has 2 N–H and O–H groups in total. The van der Waals surface area contributed by atoms with Crippen molar-refractivity contribution in [2.24, 2.45) is 5.92 Å². The van der Waals surface area contributed by atoms with E-state index < -0.39 is 11.9 Å². The van der Waals surface area contributed by atoms with Gasteiger partial charge in [0, 0.05) is 18.9 Å². The van der Waals surface area contributed by atoms with Gasteiger partial charge >= 0.3 is 5.97 Å². The fourth-order valence-electron chi connectivity index (χ4n) is 3.62. The van der Waals surface area contributed by atoms with Crippen LogP contribution in [-0.2, 0) is 16.0 Å². The Balaban J connectivity index is 0.000000254. The van der Waals surface area contributed by atoms with Crippen LogP contribution < -0.4 is 0 Å². The molecule has 1 aliphatic carbocycles. The molecule has 1 saturated carbocycles. The number of Topliss-reactive ketones (excluding diaryl/α,β-unsaturated/α-hetero) is 1. The summed E-state index contributed by atoms with van der Waals surface area (Å²) in [6, 6.07) is 7.60. The van der Waals surface area contributed by atoms with Crippen LogP contribution in [0.15, 0.2) is 24.3 Å². The molecule has 26 heavy (non-hydrogen) atoms. The largest absolute Gasteiger partial charge is 0.481 e. The summed E-state index contributed by atoms with van der Waals surface area (Å²) in [5.74, 6) is -0.744. The lowest BCUT2D eigenvalue weighted by Crippen LogP contribution is -2.22. The highest BCUT2D eigenvalue weighted by Gasteiger charge is 2.24. The van der Waals surface area contributed by atoms with E-state index >= 15 is 0 Å². The normalized spacial score (nSPS) is 21.3. The number of aliphatic hydroxyl groups is 1. The molecule has 0 radical (unpaired) electrons. The van der Waals surface area contributed by atoms with E-state index in [0.717, 1.165) is 43.4 Å². The molecule has 2 unspecified atom stereocenters. The van der Waals surface area contributed by atoms with Crippen LogP contribution in [0, 0.1) is 5.92 Å². The molecule has 0 spiro atoms. The second-order valence-corrected chi connectivity index (χ2v) is 7.33. The van der Waals surface area contributed by atoms with Gasteiger partial charge in [-0.3, -0.25) is 9.59 Å². The Hall–Kier alpha value is -1.72. The van der Waals surface area contributed by atoms with E-state index in [1.807, 2.05) is 24.3 Å². The number of rotatable bonds is 6. The van der Waals surface area contributed by atoms with Gasteiger partial charge in [-0.05, 0) is 63.2 Å². The summed E-state index contributed by atoms with van der Waals surface area (Å²) in [5.41, 5.74) is 1.93. The Bertz CT molecular complexity index is 578. The first-order valence-corrected chi connectivity index (χ1v) is 9.69. The lowest BCUT2D eigenvalue weighted by molar-refractivity contribution is -0.138. The summed E-state index contributed by atoms with van der Waals surface area (Å²) in [5, 5.41) is 17.4. The van der Waals surface area contributed by atoms with Crippen LogP contribution in [0.5, 0.6) is 0 Å². The third-order valence-corrected chi connectivity index (χ3v) is 5.38. The number of benzene rings is 1. The quantitative estimate of drug-likeness (QED) is 0.815. The number of nitrogens with zero attached hydrogens (tertiary/aromatic N) is 1. The molecule has 1 saturated heterocycles. The van der Waals surface area contributed by atoms with Crippen LogP contribution >= 0.6 is 0 Å². The summed E-state index contributed by atoms with van der Waals surface area (Å²) in [7, 11) is 0. The SMILES string of the molecule is CC(C(=O)O)c1ccc(CC2CCCC2=O)cc1.OCCN1CCCC1. The van der Waals surface area contributed by atoms with Crippen LogP contribution in [-0.4, -0.2) is 53.1 Å². The van der Waals surface area contributed by atoms with E-state index in [2.05, 4.69) is 4.90 Å². The van der Waals surface area contributed by atoms with Gasteiger partial charge in [0.1, 0.15) is 5.78 Å². The van der Waals surface area contributed by atoms with Crippen molar-refractivity contribution in [2.45, 2.75) is 51.4 Å². The van der Waals surface area contributed by atoms with Crippen LogP contribution in [0.4, 0.5) is 0 Å². The summed E-state index contributed by atoms with van der Waals surface area (Å²) in [6.07, 6.45) is 6.16. The van der Waals surface area contributed by atoms with E-state index in [4.69, 9.17) is 10.2 Å². The minimum absolute atomic E-state index is 0.174. The average molecular weight is 361 g/mol. The fourth-order valence-corrected chi connectivity index (χ4v) is 3.62. The molecule has 1 aliphatic heterocycles. The van der Waals surface area contributed by atoms with Crippen molar-refractivity contribution >= 4 is 11.8 Å².